The Morgan fingerprint density at radius 1 is 0.478 bits per heavy atom. The number of esters is 2. The number of unbranched alkanes of at least 4 members (excludes halogenated alkanes) is 27. The van der Waals surface area contributed by atoms with E-state index >= 15 is 0 Å². The summed E-state index contributed by atoms with van der Waals surface area (Å²) in [6, 6.07) is 0. The molecular weight excluding hydrogens is 572 g/mol. The number of ether oxygens (including phenoxy) is 2. The summed E-state index contributed by atoms with van der Waals surface area (Å²) < 4.78 is 10.6. The molecular formula is C41H78O5. The maximum absolute atomic E-state index is 12.1. The van der Waals surface area contributed by atoms with Crippen LogP contribution < -0.4 is 0 Å². The normalized spacial score (nSPS) is 12.2. The van der Waals surface area contributed by atoms with Gasteiger partial charge in [0, 0.05) is 12.8 Å². The lowest BCUT2D eigenvalue weighted by atomic mass is 10.0. The quantitative estimate of drug-likeness (QED) is 0.0411. The SMILES string of the molecule is CCCCCC/C=C\CCCCCCCC(=O)O[C@@H](CO)COC(=O)CCCCCCCCCCCCCCCCCCCCC. The standard InChI is InChI=1S/C41H78O5/c1-3-5-7-9-11-13-15-17-18-19-20-21-22-24-25-27-29-31-33-35-40(43)45-38-39(37-42)46-41(44)36-34-32-30-28-26-23-16-14-12-10-8-6-4-2/h14,16,39,42H,3-13,15,17-38H2,1-2H3/b16-14-/t39-/m0/s1. The predicted octanol–water partition coefficient (Wildman–Crippen LogP) is 12.5. The van der Waals surface area contributed by atoms with Crippen LogP contribution in [0.1, 0.15) is 219 Å². The summed E-state index contributed by atoms with van der Waals surface area (Å²) in [6.07, 6.45) is 42.8. The number of hydrogen-bond donors (Lipinski definition) is 1. The summed E-state index contributed by atoms with van der Waals surface area (Å²) in [6.45, 7) is 4.13. The number of carbonyl (C=O) groups is 2. The lowest BCUT2D eigenvalue weighted by molar-refractivity contribution is -0.161. The van der Waals surface area contributed by atoms with Gasteiger partial charge in [0.25, 0.3) is 0 Å². The van der Waals surface area contributed by atoms with Crippen LogP contribution in [-0.4, -0.2) is 36.4 Å². The minimum atomic E-state index is -0.768. The van der Waals surface area contributed by atoms with Gasteiger partial charge in [0.2, 0.25) is 0 Å². The molecule has 1 N–H and O–H groups in total. The van der Waals surface area contributed by atoms with E-state index in [1.54, 1.807) is 0 Å². The van der Waals surface area contributed by atoms with E-state index < -0.39 is 6.10 Å². The van der Waals surface area contributed by atoms with Gasteiger partial charge < -0.3 is 14.6 Å². The van der Waals surface area contributed by atoms with E-state index in [2.05, 4.69) is 26.0 Å². The summed E-state index contributed by atoms with van der Waals surface area (Å²) >= 11 is 0. The van der Waals surface area contributed by atoms with Crippen molar-refractivity contribution in [3.05, 3.63) is 12.2 Å². The molecule has 0 aromatic carbocycles. The summed E-state index contributed by atoms with van der Waals surface area (Å²) in [5.74, 6) is -0.590. The smallest absolute Gasteiger partial charge is 0.306 e. The molecule has 0 aliphatic rings. The molecule has 0 heterocycles. The van der Waals surface area contributed by atoms with Crippen LogP contribution in [0.2, 0.25) is 0 Å². The highest BCUT2D eigenvalue weighted by Gasteiger charge is 2.16. The fourth-order valence-electron chi connectivity index (χ4n) is 5.96. The van der Waals surface area contributed by atoms with E-state index in [1.165, 1.54) is 154 Å². The third kappa shape index (κ3) is 35.5. The molecule has 0 amide bonds. The number of allylic oxidation sites excluding steroid dienone is 2. The summed E-state index contributed by atoms with van der Waals surface area (Å²) in [5.41, 5.74) is 0. The fourth-order valence-corrected chi connectivity index (χ4v) is 5.96. The van der Waals surface area contributed by atoms with E-state index in [1.807, 2.05) is 0 Å². The van der Waals surface area contributed by atoms with Crippen molar-refractivity contribution < 1.29 is 24.2 Å². The molecule has 46 heavy (non-hydrogen) atoms. The molecule has 0 aromatic rings. The highest BCUT2D eigenvalue weighted by molar-refractivity contribution is 5.70. The molecule has 0 saturated heterocycles. The van der Waals surface area contributed by atoms with Crippen LogP contribution in [0.5, 0.6) is 0 Å². The first kappa shape index (κ1) is 44.6. The average Bonchev–Trinajstić information content (AvgIpc) is 3.06. The summed E-state index contributed by atoms with van der Waals surface area (Å²) in [5, 5.41) is 9.54. The zero-order valence-electron chi connectivity index (χ0n) is 30.9. The topological polar surface area (TPSA) is 72.8 Å². The van der Waals surface area contributed by atoms with E-state index in [4.69, 9.17) is 9.47 Å². The Morgan fingerprint density at radius 2 is 0.804 bits per heavy atom. The molecule has 0 spiro atoms. The first-order valence-electron chi connectivity index (χ1n) is 20.2. The van der Waals surface area contributed by atoms with E-state index in [0.29, 0.717) is 12.8 Å². The largest absolute Gasteiger partial charge is 0.462 e. The Bertz CT molecular complexity index is 661. The maximum atomic E-state index is 12.1. The summed E-state index contributed by atoms with van der Waals surface area (Å²) in [7, 11) is 0. The van der Waals surface area contributed by atoms with E-state index in [9.17, 15) is 14.7 Å². The van der Waals surface area contributed by atoms with Crippen molar-refractivity contribution in [2.45, 2.75) is 225 Å². The molecule has 272 valence electrons. The summed E-state index contributed by atoms with van der Waals surface area (Å²) in [4.78, 5) is 24.2. The molecule has 5 heteroatoms. The minimum Gasteiger partial charge on any atom is -0.462 e. The van der Waals surface area contributed by atoms with Crippen molar-refractivity contribution in [3.8, 4) is 0 Å². The molecule has 0 aliphatic heterocycles. The molecule has 1 atom stereocenters. The van der Waals surface area contributed by atoms with Gasteiger partial charge >= 0.3 is 11.9 Å². The molecule has 0 saturated carbocycles. The Kier molecular flexibility index (Phi) is 37.0. The second kappa shape index (κ2) is 38.1. The Hall–Kier alpha value is -1.36. The molecule has 5 nitrogen and oxygen atoms in total. The number of aliphatic hydroxyl groups excluding tert-OH is 1. The number of aliphatic hydroxyl groups is 1. The molecule has 0 radical (unpaired) electrons. The van der Waals surface area contributed by atoms with Gasteiger partial charge in [0.05, 0.1) is 6.61 Å². The molecule has 0 aromatic heterocycles. The Morgan fingerprint density at radius 3 is 1.20 bits per heavy atom. The second-order valence-corrected chi connectivity index (χ2v) is 13.7. The van der Waals surface area contributed by atoms with Crippen LogP contribution in [-0.2, 0) is 19.1 Å². The van der Waals surface area contributed by atoms with Crippen molar-refractivity contribution >= 4 is 11.9 Å². The van der Waals surface area contributed by atoms with Gasteiger partial charge in [-0.25, -0.2) is 0 Å². The van der Waals surface area contributed by atoms with Gasteiger partial charge in [0.15, 0.2) is 6.10 Å². The van der Waals surface area contributed by atoms with Crippen molar-refractivity contribution in [1.82, 2.24) is 0 Å². The van der Waals surface area contributed by atoms with Gasteiger partial charge in [-0.3, -0.25) is 9.59 Å². The lowest BCUT2D eigenvalue weighted by Crippen LogP contribution is -2.28. The zero-order chi connectivity index (χ0) is 33.6. The second-order valence-electron chi connectivity index (χ2n) is 13.7. The average molecular weight is 651 g/mol. The fraction of sp³-hybridized carbons (Fsp3) is 0.902. The van der Waals surface area contributed by atoms with Crippen molar-refractivity contribution in [2.24, 2.45) is 0 Å². The third-order valence-electron chi connectivity index (χ3n) is 9.06. The van der Waals surface area contributed by atoms with Crippen LogP contribution in [0, 0.1) is 0 Å². The van der Waals surface area contributed by atoms with Gasteiger partial charge in [-0.05, 0) is 38.5 Å². The van der Waals surface area contributed by atoms with E-state index in [-0.39, 0.29) is 25.2 Å². The predicted molar refractivity (Wildman–Crippen MR) is 196 cm³/mol. The first-order valence-corrected chi connectivity index (χ1v) is 20.2. The number of carbonyl (C=O) groups excluding carboxylic acids is 2. The van der Waals surface area contributed by atoms with Crippen molar-refractivity contribution in [3.63, 3.8) is 0 Å². The van der Waals surface area contributed by atoms with Gasteiger partial charge in [-0.2, -0.15) is 0 Å². The van der Waals surface area contributed by atoms with Crippen LogP contribution in [0.15, 0.2) is 12.2 Å². The zero-order valence-corrected chi connectivity index (χ0v) is 30.9. The Balaban J connectivity index is 3.49. The van der Waals surface area contributed by atoms with Gasteiger partial charge in [-0.15, -0.1) is 0 Å². The van der Waals surface area contributed by atoms with Crippen LogP contribution in [0.4, 0.5) is 0 Å². The number of hydrogen-bond acceptors (Lipinski definition) is 5. The molecule has 0 fully saturated rings. The van der Waals surface area contributed by atoms with Gasteiger partial charge in [-0.1, -0.05) is 180 Å². The third-order valence-corrected chi connectivity index (χ3v) is 9.06. The molecule has 0 unspecified atom stereocenters. The van der Waals surface area contributed by atoms with Crippen molar-refractivity contribution in [1.29, 1.82) is 0 Å². The lowest BCUT2D eigenvalue weighted by Gasteiger charge is -2.15. The van der Waals surface area contributed by atoms with Crippen molar-refractivity contribution in [2.75, 3.05) is 13.2 Å². The highest BCUT2D eigenvalue weighted by atomic mass is 16.6. The molecule has 0 aliphatic carbocycles. The minimum absolute atomic E-state index is 0.0632. The van der Waals surface area contributed by atoms with Gasteiger partial charge in [0.1, 0.15) is 6.61 Å². The van der Waals surface area contributed by atoms with Crippen LogP contribution >= 0.6 is 0 Å². The molecule has 0 bridgehead atoms. The van der Waals surface area contributed by atoms with Crippen LogP contribution in [0.25, 0.3) is 0 Å². The highest BCUT2D eigenvalue weighted by Crippen LogP contribution is 2.15. The van der Waals surface area contributed by atoms with Crippen LogP contribution in [0.3, 0.4) is 0 Å². The molecule has 0 rings (SSSR count). The number of rotatable bonds is 37. The first-order chi connectivity index (χ1) is 22.6. The van der Waals surface area contributed by atoms with E-state index in [0.717, 1.165) is 38.5 Å². The monoisotopic (exact) mass is 651 g/mol. The Labute approximate surface area is 286 Å². The maximum Gasteiger partial charge on any atom is 0.306 e.